The molecular weight excluding hydrogens is 458 g/mol. The number of nitrogens with one attached hydrogen (secondary N) is 1. The highest BCUT2D eigenvalue weighted by atomic mass is 16.5. The molecule has 0 radical (unpaired) electrons. The minimum absolute atomic E-state index is 0.293. The number of rotatable bonds is 5. The van der Waals surface area contributed by atoms with Crippen molar-refractivity contribution in [1.82, 2.24) is 25.1 Å². The zero-order valence-electron chi connectivity index (χ0n) is 19.7. The minimum atomic E-state index is -1.11. The Bertz CT molecular complexity index is 1430. The van der Waals surface area contributed by atoms with Crippen LogP contribution in [0.15, 0.2) is 60.7 Å². The largest absolute Gasteiger partial charge is 0.468 e. The summed E-state index contributed by atoms with van der Waals surface area (Å²) in [6.07, 6.45) is -0.196. The molecule has 0 unspecified atom stereocenters. The average Bonchev–Trinajstić information content (AvgIpc) is 3.31. The average molecular weight is 484 g/mol. The first-order valence-corrected chi connectivity index (χ1v) is 11.9. The predicted molar refractivity (Wildman–Crippen MR) is 132 cm³/mol. The number of aryl methyl sites for hydroxylation is 1. The lowest BCUT2D eigenvalue weighted by Crippen LogP contribution is -2.56. The number of carbonyl (C=O) groups is 1. The van der Waals surface area contributed by atoms with E-state index in [0.717, 1.165) is 51.7 Å². The second-order valence-electron chi connectivity index (χ2n) is 9.24. The van der Waals surface area contributed by atoms with E-state index in [2.05, 4.69) is 21.6 Å². The zero-order chi connectivity index (χ0) is 24.9. The molecule has 1 fully saturated rings. The van der Waals surface area contributed by atoms with Gasteiger partial charge in [0.15, 0.2) is 12.4 Å². The monoisotopic (exact) mass is 483 g/mol. The van der Waals surface area contributed by atoms with E-state index in [4.69, 9.17) is 9.72 Å². The van der Waals surface area contributed by atoms with Crippen LogP contribution in [0.1, 0.15) is 37.0 Å². The fourth-order valence-electron chi connectivity index (χ4n) is 5.20. The lowest BCUT2D eigenvalue weighted by Gasteiger charge is -2.45. The molecule has 9 heteroatoms. The van der Waals surface area contributed by atoms with Crippen molar-refractivity contribution < 1.29 is 19.7 Å². The van der Waals surface area contributed by atoms with Crippen molar-refractivity contribution in [2.75, 3.05) is 0 Å². The number of aromatic nitrogens is 4. The number of aliphatic hydroxyl groups excluding tert-OH is 1. The number of amides is 1. The van der Waals surface area contributed by atoms with Gasteiger partial charge in [0.1, 0.15) is 11.5 Å². The fraction of sp³-hybridized carbons (Fsp3) is 0.259. The summed E-state index contributed by atoms with van der Waals surface area (Å²) < 4.78 is 8.01. The highest BCUT2D eigenvalue weighted by molar-refractivity contribution is 5.83. The molecule has 0 spiro atoms. The molecule has 182 valence electrons. The van der Waals surface area contributed by atoms with Crippen molar-refractivity contribution in [1.29, 1.82) is 0 Å². The maximum atomic E-state index is 11.4. The van der Waals surface area contributed by atoms with Crippen LogP contribution in [-0.2, 0) is 18.6 Å². The first kappa shape index (κ1) is 22.2. The van der Waals surface area contributed by atoms with Gasteiger partial charge in [-0.3, -0.25) is 4.57 Å². The molecule has 3 N–H and O–H groups in total. The van der Waals surface area contributed by atoms with E-state index in [9.17, 15) is 15.0 Å². The van der Waals surface area contributed by atoms with Gasteiger partial charge in [0.25, 0.3) is 0 Å². The number of ether oxygens (including phenoxy) is 1. The van der Waals surface area contributed by atoms with E-state index >= 15 is 0 Å². The van der Waals surface area contributed by atoms with Gasteiger partial charge in [0.2, 0.25) is 5.88 Å². The molecule has 0 bridgehead atoms. The molecule has 3 heterocycles. The summed E-state index contributed by atoms with van der Waals surface area (Å²) in [7, 11) is 0. The minimum Gasteiger partial charge on any atom is -0.468 e. The number of benzene rings is 2. The Morgan fingerprint density at radius 1 is 1.11 bits per heavy atom. The molecule has 1 aliphatic heterocycles. The van der Waals surface area contributed by atoms with Crippen LogP contribution in [0.2, 0.25) is 0 Å². The molecule has 2 aromatic heterocycles. The zero-order valence-corrected chi connectivity index (χ0v) is 19.7. The molecule has 0 atom stereocenters. The van der Waals surface area contributed by atoms with Crippen molar-refractivity contribution in [2.24, 2.45) is 0 Å². The third-order valence-electron chi connectivity index (χ3n) is 6.97. The molecule has 1 saturated carbocycles. The molecule has 6 rings (SSSR count). The lowest BCUT2D eigenvalue weighted by atomic mass is 9.69. The Morgan fingerprint density at radius 2 is 1.86 bits per heavy atom. The highest BCUT2D eigenvalue weighted by Crippen LogP contribution is 2.43. The van der Waals surface area contributed by atoms with Crippen LogP contribution in [-0.4, -0.2) is 42.2 Å². The fourth-order valence-corrected chi connectivity index (χ4v) is 5.20. The molecule has 36 heavy (non-hydrogen) atoms. The molecule has 1 amide bonds. The molecule has 2 aromatic carbocycles. The van der Waals surface area contributed by atoms with E-state index in [0.29, 0.717) is 25.3 Å². The molecule has 4 aromatic rings. The van der Waals surface area contributed by atoms with Crippen LogP contribution < -0.4 is 10.1 Å². The van der Waals surface area contributed by atoms with Crippen LogP contribution in [0.5, 0.6) is 5.88 Å². The van der Waals surface area contributed by atoms with E-state index in [1.807, 2.05) is 66.1 Å². The molecule has 0 saturated heterocycles. The van der Waals surface area contributed by atoms with E-state index in [-0.39, 0.29) is 0 Å². The van der Waals surface area contributed by atoms with Crippen molar-refractivity contribution in [3.05, 3.63) is 77.9 Å². The normalized spacial score (nSPS) is 20.0. The predicted octanol–water partition coefficient (Wildman–Crippen LogP) is 4.07. The quantitative estimate of drug-likeness (QED) is 0.391. The second kappa shape index (κ2) is 8.46. The summed E-state index contributed by atoms with van der Waals surface area (Å²) in [4.78, 5) is 16.4. The summed E-state index contributed by atoms with van der Waals surface area (Å²) in [5.74, 6) is 2.12. The van der Waals surface area contributed by atoms with E-state index < -0.39 is 17.7 Å². The van der Waals surface area contributed by atoms with Crippen molar-refractivity contribution >= 4 is 6.09 Å². The van der Waals surface area contributed by atoms with Gasteiger partial charge in [-0.05, 0) is 17.2 Å². The van der Waals surface area contributed by atoms with E-state index in [1.165, 1.54) is 0 Å². The number of pyridine rings is 1. The maximum absolute atomic E-state index is 11.4. The summed E-state index contributed by atoms with van der Waals surface area (Å²) in [6, 6.07) is 19.8. The number of aliphatic hydroxyl groups is 1. The second-order valence-corrected chi connectivity index (χ2v) is 9.24. The molecular formula is C27H25N5O4. The summed E-state index contributed by atoms with van der Waals surface area (Å²) in [6.45, 7) is 2.34. The van der Waals surface area contributed by atoms with Crippen LogP contribution in [0, 0.1) is 0 Å². The van der Waals surface area contributed by atoms with Gasteiger partial charge in [-0.2, -0.15) is 0 Å². The van der Waals surface area contributed by atoms with Crippen LogP contribution in [0.3, 0.4) is 0 Å². The van der Waals surface area contributed by atoms with Gasteiger partial charge >= 0.3 is 6.09 Å². The maximum Gasteiger partial charge on any atom is 0.405 e. The molecule has 9 nitrogen and oxygen atoms in total. The summed E-state index contributed by atoms with van der Waals surface area (Å²) in [5, 5.41) is 30.4. The summed E-state index contributed by atoms with van der Waals surface area (Å²) >= 11 is 0. The first-order valence-electron chi connectivity index (χ1n) is 11.9. The first-order chi connectivity index (χ1) is 17.5. The van der Waals surface area contributed by atoms with Crippen molar-refractivity contribution in [3.8, 4) is 34.0 Å². The number of nitrogens with zero attached hydrogens (tertiary/aromatic N) is 4. The SMILES string of the molecule is CCc1nnc2n1-c1cc(-c3ccccc3)c(-c3ccc(C4(NC(=O)O)CC(O)C4)cc3)nc1OC2. The van der Waals surface area contributed by atoms with Crippen LogP contribution in [0.25, 0.3) is 28.1 Å². The number of hydrogen-bond donors (Lipinski definition) is 3. The lowest BCUT2D eigenvalue weighted by molar-refractivity contribution is 0.00172. The van der Waals surface area contributed by atoms with Crippen LogP contribution >= 0.6 is 0 Å². The Morgan fingerprint density at radius 3 is 2.53 bits per heavy atom. The van der Waals surface area contributed by atoms with Gasteiger partial charge < -0.3 is 20.3 Å². The van der Waals surface area contributed by atoms with Gasteiger partial charge in [-0.25, -0.2) is 9.78 Å². The van der Waals surface area contributed by atoms with Gasteiger partial charge in [-0.15, -0.1) is 10.2 Å². The topological polar surface area (TPSA) is 122 Å². The van der Waals surface area contributed by atoms with E-state index in [1.54, 1.807) is 0 Å². The summed E-state index contributed by atoms with van der Waals surface area (Å²) in [5.41, 5.74) is 4.43. The van der Waals surface area contributed by atoms with Gasteiger partial charge in [0, 0.05) is 30.4 Å². The third-order valence-corrected chi connectivity index (χ3v) is 6.97. The molecule has 2 aliphatic rings. The van der Waals surface area contributed by atoms with Crippen molar-refractivity contribution in [3.63, 3.8) is 0 Å². The van der Waals surface area contributed by atoms with Gasteiger partial charge in [-0.1, -0.05) is 61.5 Å². The third kappa shape index (κ3) is 3.59. The standard InChI is InChI=1S/C27H25N5O4/c1-2-22-30-31-23-15-36-25-21(32(22)23)12-20(16-6-4-3-5-7-16)24(28-25)17-8-10-18(11-9-17)27(29-26(34)35)13-19(33)14-27/h3-12,19,29,33H,2,13-15H2,1H3,(H,34,35). The smallest absolute Gasteiger partial charge is 0.405 e. The van der Waals surface area contributed by atoms with Crippen LogP contribution in [0.4, 0.5) is 4.79 Å². The number of fused-ring (bicyclic) bond motifs is 3. The van der Waals surface area contributed by atoms with Crippen molar-refractivity contribution in [2.45, 2.75) is 44.4 Å². The Hall–Kier alpha value is -4.24. The number of carboxylic acid groups (broad SMARTS) is 1. The Labute approximate surface area is 207 Å². The molecule has 1 aliphatic carbocycles. The number of hydrogen-bond acceptors (Lipinski definition) is 6. The Kier molecular flexibility index (Phi) is 5.22. The highest BCUT2D eigenvalue weighted by Gasteiger charge is 2.46. The van der Waals surface area contributed by atoms with Gasteiger partial charge in [0.05, 0.1) is 17.3 Å². The Balaban J connectivity index is 1.47.